The Hall–Kier alpha value is -1.59. The number of benzene rings is 2. The average Bonchev–Trinajstić information content (AvgIpc) is 3.26. The molecule has 4 atom stereocenters. The van der Waals surface area contributed by atoms with Crippen molar-refractivity contribution in [2.75, 3.05) is 0 Å². The van der Waals surface area contributed by atoms with Crippen molar-refractivity contribution in [3.8, 4) is 0 Å². The molecular weight excluding hydrogens is 290 g/mol. The zero-order chi connectivity index (χ0) is 15.2. The summed E-state index contributed by atoms with van der Waals surface area (Å²) in [6.45, 7) is 0. The van der Waals surface area contributed by atoms with Crippen molar-refractivity contribution in [3.63, 3.8) is 0 Å². The summed E-state index contributed by atoms with van der Waals surface area (Å²) in [7, 11) is -0.599. The van der Waals surface area contributed by atoms with Crippen LogP contribution in [0.3, 0.4) is 0 Å². The Kier molecular flexibility index (Phi) is 3.30. The van der Waals surface area contributed by atoms with Gasteiger partial charge in [0.05, 0.1) is 24.4 Å². The maximum Gasteiger partial charge on any atom is 0.494 e. The molecule has 4 nitrogen and oxygen atoms in total. The minimum atomic E-state index is -0.300. The fraction of sp³-hybridized carbons (Fsp3) is 0.294. The van der Waals surface area contributed by atoms with Crippen LogP contribution in [-0.4, -0.2) is 38.7 Å². The highest BCUT2D eigenvalue weighted by Crippen LogP contribution is 2.39. The standard InChI is InChI=1S/C17H16B2O4/c1-3-7-12(8-4-1)18-20-14-11-15-17(16(14)22-18)23-19(21-15)13-9-5-2-6-10-13/h1-10,14-17H,11H2/t14-,15-,16-,17-/m0/s1. The molecular formula is C17H16B2O4. The molecule has 114 valence electrons. The fourth-order valence-corrected chi connectivity index (χ4v) is 3.72. The van der Waals surface area contributed by atoms with E-state index in [0.717, 1.165) is 17.3 Å². The predicted molar refractivity (Wildman–Crippen MR) is 87.8 cm³/mol. The van der Waals surface area contributed by atoms with Gasteiger partial charge in [-0.3, -0.25) is 0 Å². The first kappa shape index (κ1) is 13.8. The smallest absolute Gasteiger partial charge is 0.402 e. The SMILES string of the molecule is c1ccc(B2O[C@@H]3[C@H]4OB(c5ccccc5)O[C@H]4C[C@@H]3O2)cc1. The van der Waals surface area contributed by atoms with Gasteiger partial charge in [-0.15, -0.1) is 0 Å². The molecule has 2 aromatic rings. The predicted octanol–water partition coefficient (Wildman–Crippen LogP) is 0.749. The van der Waals surface area contributed by atoms with Crippen LogP contribution < -0.4 is 10.9 Å². The van der Waals surface area contributed by atoms with Crippen molar-refractivity contribution in [2.24, 2.45) is 0 Å². The lowest BCUT2D eigenvalue weighted by Gasteiger charge is -2.16. The van der Waals surface area contributed by atoms with E-state index < -0.39 is 0 Å². The van der Waals surface area contributed by atoms with Gasteiger partial charge in [0.25, 0.3) is 0 Å². The summed E-state index contributed by atoms with van der Waals surface area (Å²) >= 11 is 0. The Morgan fingerprint density at radius 2 is 1.04 bits per heavy atom. The van der Waals surface area contributed by atoms with Crippen LogP contribution in [0.4, 0.5) is 0 Å². The number of fused-ring (bicyclic) bond motifs is 3. The maximum absolute atomic E-state index is 6.14. The first-order valence-corrected chi connectivity index (χ1v) is 8.10. The van der Waals surface area contributed by atoms with Crippen LogP contribution in [0.2, 0.25) is 0 Å². The van der Waals surface area contributed by atoms with Gasteiger partial charge in [0.1, 0.15) is 0 Å². The van der Waals surface area contributed by atoms with Crippen LogP contribution in [-0.2, 0) is 18.6 Å². The van der Waals surface area contributed by atoms with Crippen molar-refractivity contribution in [2.45, 2.75) is 30.8 Å². The Morgan fingerprint density at radius 1 is 0.609 bits per heavy atom. The van der Waals surface area contributed by atoms with E-state index in [1.165, 1.54) is 0 Å². The van der Waals surface area contributed by atoms with Crippen molar-refractivity contribution >= 4 is 25.2 Å². The molecule has 0 aromatic heterocycles. The Balaban J connectivity index is 1.32. The monoisotopic (exact) mass is 306 g/mol. The summed E-state index contributed by atoms with van der Waals surface area (Å²) in [5.41, 5.74) is 2.11. The van der Waals surface area contributed by atoms with E-state index in [-0.39, 0.29) is 38.7 Å². The molecule has 6 heteroatoms. The molecule has 0 amide bonds. The summed E-state index contributed by atoms with van der Waals surface area (Å²) in [4.78, 5) is 0. The zero-order valence-electron chi connectivity index (χ0n) is 12.6. The normalized spacial score (nSPS) is 32.2. The molecule has 1 saturated carbocycles. The first-order valence-electron chi connectivity index (χ1n) is 8.10. The van der Waals surface area contributed by atoms with E-state index >= 15 is 0 Å². The van der Waals surface area contributed by atoms with Crippen LogP contribution in [0, 0.1) is 0 Å². The summed E-state index contributed by atoms with van der Waals surface area (Å²) in [6, 6.07) is 20.1. The highest BCUT2D eigenvalue weighted by Gasteiger charge is 2.58. The van der Waals surface area contributed by atoms with Gasteiger partial charge in [0.2, 0.25) is 0 Å². The molecule has 0 bridgehead atoms. The lowest BCUT2D eigenvalue weighted by molar-refractivity contribution is 0.0796. The lowest BCUT2D eigenvalue weighted by atomic mass is 9.79. The molecule has 1 aliphatic carbocycles. The highest BCUT2D eigenvalue weighted by atomic mass is 16.7. The van der Waals surface area contributed by atoms with Gasteiger partial charge in [-0.05, 0) is 10.9 Å². The Morgan fingerprint density at radius 3 is 1.48 bits per heavy atom. The lowest BCUT2D eigenvalue weighted by Crippen LogP contribution is -2.38. The third-order valence-electron chi connectivity index (χ3n) is 4.82. The van der Waals surface area contributed by atoms with Gasteiger partial charge in [-0.2, -0.15) is 0 Å². The molecule has 2 heterocycles. The molecule has 0 N–H and O–H groups in total. The summed E-state index contributed by atoms with van der Waals surface area (Å²) in [6.07, 6.45) is 0.804. The second kappa shape index (κ2) is 5.49. The summed E-state index contributed by atoms with van der Waals surface area (Å²) in [5, 5.41) is 0. The van der Waals surface area contributed by atoms with Crippen molar-refractivity contribution in [1.82, 2.24) is 0 Å². The van der Waals surface area contributed by atoms with E-state index in [4.69, 9.17) is 18.6 Å². The van der Waals surface area contributed by atoms with Crippen LogP contribution in [0.5, 0.6) is 0 Å². The molecule has 0 radical (unpaired) electrons. The van der Waals surface area contributed by atoms with E-state index in [1.807, 2.05) is 60.7 Å². The van der Waals surface area contributed by atoms with Crippen molar-refractivity contribution in [1.29, 1.82) is 0 Å². The van der Waals surface area contributed by atoms with Crippen molar-refractivity contribution < 1.29 is 18.6 Å². The summed E-state index contributed by atoms with van der Waals surface area (Å²) in [5.74, 6) is 0. The molecule has 2 saturated heterocycles. The van der Waals surface area contributed by atoms with Crippen LogP contribution in [0.15, 0.2) is 60.7 Å². The highest BCUT2D eigenvalue weighted by molar-refractivity contribution is 6.62. The minimum Gasteiger partial charge on any atom is -0.402 e. The fourth-order valence-electron chi connectivity index (χ4n) is 3.72. The van der Waals surface area contributed by atoms with Crippen LogP contribution >= 0.6 is 0 Å². The molecule has 23 heavy (non-hydrogen) atoms. The van der Waals surface area contributed by atoms with Gasteiger partial charge < -0.3 is 18.6 Å². The molecule has 3 fully saturated rings. The second-order valence-corrected chi connectivity index (χ2v) is 6.27. The van der Waals surface area contributed by atoms with E-state index in [1.54, 1.807) is 0 Å². The average molecular weight is 306 g/mol. The van der Waals surface area contributed by atoms with Gasteiger partial charge in [0.15, 0.2) is 0 Å². The Labute approximate surface area is 136 Å². The third kappa shape index (κ3) is 2.34. The van der Waals surface area contributed by atoms with Crippen LogP contribution in [0.1, 0.15) is 6.42 Å². The van der Waals surface area contributed by atoms with Crippen molar-refractivity contribution in [3.05, 3.63) is 60.7 Å². The molecule has 0 spiro atoms. The molecule has 2 aromatic carbocycles. The molecule has 3 aliphatic rings. The molecule has 2 aliphatic heterocycles. The van der Waals surface area contributed by atoms with E-state index in [2.05, 4.69) is 0 Å². The van der Waals surface area contributed by atoms with Crippen LogP contribution in [0.25, 0.3) is 0 Å². The largest absolute Gasteiger partial charge is 0.494 e. The minimum absolute atomic E-state index is 0.0481. The van der Waals surface area contributed by atoms with E-state index in [0.29, 0.717) is 0 Å². The number of hydrogen-bond acceptors (Lipinski definition) is 4. The maximum atomic E-state index is 6.14. The van der Waals surface area contributed by atoms with Gasteiger partial charge in [-0.1, -0.05) is 60.7 Å². The van der Waals surface area contributed by atoms with Gasteiger partial charge in [-0.25, -0.2) is 0 Å². The van der Waals surface area contributed by atoms with Gasteiger partial charge >= 0.3 is 14.2 Å². The third-order valence-corrected chi connectivity index (χ3v) is 4.82. The second-order valence-electron chi connectivity index (χ2n) is 6.27. The zero-order valence-corrected chi connectivity index (χ0v) is 12.6. The van der Waals surface area contributed by atoms with Gasteiger partial charge in [0, 0.05) is 6.42 Å². The quantitative estimate of drug-likeness (QED) is 0.767. The topological polar surface area (TPSA) is 36.9 Å². The first-order chi connectivity index (χ1) is 11.4. The molecule has 0 unspecified atom stereocenters. The number of hydrogen-bond donors (Lipinski definition) is 0. The number of rotatable bonds is 2. The Bertz CT molecular complexity index is 624. The summed E-state index contributed by atoms with van der Waals surface area (Å²) < 4.78 is 24.4. The van der Waals surface area contributed by atoms with E-state index in [9.17, 15) is 0 Å². The molecule has 5 rings (SSSR count).